The van der Waals surface area contributed by atoms with Crippen molar-refractivity contribution in [3.05, 3.63) is 65.5 Å². The molecule has 1 heterocycles. The molecule has 0 aliphatic heterocycles. The van der Waals surface area contributed by atoms with Gasteiger partial charge in [0.15, 0.2) is 0 Å². The van der Waals surface area contributed by atoms with E-state index in [9.17, 15) is 4.79 Å². The molecule has 138 valence electrons. The van der Waals surface area contributed by atoms with E-state index in [1.54, 1.807) is 11.0 Å². The van der Waals surface area contributed by atoms with Gasteiger partial charge in [-0.25, -0.2) is 4.68 Å². The van der Waals surface area contributed by atoms with Crippen molar-refractivity contribution in [3.63, 3.8) is 0 Å². The molecular weight excluding hydrogens is 340 g/mol. The highest BCUT2D eigenvalue weighted by atomic mass is 16.2. The number of anilines is 1. The van der Waals surface area contributed by atoms with E-state index in [-0.39, 0.29) is 18.5 Å². The minimum Gasteiger partial charge on any atom is -0.376 e. The van der Waals surface area contributed by atoms with E-state index < -0.39 is 0 Å². The Labute approximate surface area is 157 Å². The molecule has 1 aromatic heterocycles. The van der Waals surface area contributed by atoms with Gasteiger partial charge in [-0.1, -0.05) is 30.3 Å². The fourth-order valence-corrected chi connectivity index (χ4v) is 3.55. The molecule has 3 aromatic rings. The maximum Gasteiger partial charge on any atom is 0.239 e. The van der Waals surface area contributed by atoms with Gasteiger partial charge >= 0.3 is 0 Å². The standard InChI is InChI=1S/C20H22N6O/c1-14-9-10-16(26-13-22-24-25-26)11-19(14)21-12-20(27)23-18-8-4-6-15-5-2-3-7-17(15)18/h2-3,5,7,9-11,13,18,21H,4,6,8,12H2,1H3,(H,23,27). The van der Waals surface area contributed by atoms with Gasteiger partial charge in [-0.2, -0.15) is 0 Å². The molecule has 1 amide bonds. The second-order valence-corrected chi connectivity index (χ2v) is 6.82. The van der Waals surface area contributed by atoms with Gasteiger partial charge in [-0.05, 0) is 65.4 Å². The van der Waals surface area contributed by atoms with Gasteiger partial charge in [0.05, 0.1) is 18.3 Å². The van der Waals surface area contributed by atoms with Crippen molar-refractivity contribution in [1.82, 2.24) is 25.5 Å². The number of nitrogens with one attached hydrogen (secondary N) is 2. The van der Waals surface area contributed by atoms with Crippen LogP contribution in [0.3, 0.4) is 0 Å². The van der Waals surface area contributed by atoms with E-state index in [1.807, 2.05) is 31.2 Å². The second-order valence-electron chi connectivity index (χ2n) is 6.82. The zero-order valence-electron chi connectivity index (χ0n) is 15.2. The third-order valence-corrected chi connectivity index (χ3v) is 4.98. The maximum absolute atomic E-state index is 12.5. The summed E-state index contributed by atoms with van der Waals surface area (Å²) in [5, 5.41) is 17.6. The van der Waals surface area contributed by atoms with Gasteiger partial charge in [-0.3, -0.25) is 4.79 Å². The first-order valence-corrected chi connectivity index (χ1v) is 9.16. The summed E-state index contributed by atoms with van der Waals surface area (Å²) in [5.74, 6) is -0.0103. The molecule has 0 fully saturated rings. The zero-order valence-corrected chi connectivity index (χ0v) is 15.2. The normalized spacial score (nSPS) is 15.8. The van der Waals surface area contributed by atoms with Crippen molar-refractivity contribution in [2.75, 3.05) is 11.9 Å². The molecule has 4 rings (SSSR count). The van der Waals surface area contributed by atoms with Crippen molar-refractivity contribution in [1.29, 1.82) is 0 Å². The summed E-state index contributed by atoms with van der Waals surface area (Å²) in [7, 11) is 0. The molecule has 1 unspecified atom stereocenters. The zero-order chi connectivity index (χ0) is 18.6. The summed E-state index contributed by atoms with van der Waals surface area (Å²) in [4.78, 5) is 12.5. The van der Waals surface area contributed by atoms with Crippen molar-refractivity contribution in [2.24, 2.45) is 0 Å². The molecule has 1 atom stereocenters. The van der Waals surface area contributed by atoms with Gasteiger partial charge in [0.25, 0.3) is 0 Å². The largest absolute Gasteiger partial charge is 0.376 e. The average Bonchev–Trinajstić information content (AvgIpc) is 3.22. The number of hydrogen-bond acceptors (Lipinski definition) is 5. The summed E-state index contributed by atoms with van der Waals surface area (Å²) >= 11 is 0. The molecule has 1 aliphatic carbocycles. The smallest absolute Gasteiger partial charge is 0.239 e. The molecule has 2 aromatic carbocycles. The number of amides is 1. The lowest BCUT2D eigenvalue weighted by molar-refractivity contribution is -0.120. The van der Waals surface area contributed by atoms with Crippen LogP contribution in [0.2, 0.25) is 0 Å². The number of benzene rings is 2. The minimum absolute atomic E-state index is 0.0103. The number of fused-ring (bicyclic) bond motifs is 1. The predicted octanol–water partition coefficient (Wildman–Crippen LogP) is 2.58. The Morgan fingerprint density at radius 3 is 3.00 bits per heavy atom. The molecule has 0 bridgehead atoms. The minimum atomic E-state index is -0.0103. The number of carbonyl (C=O) groups excluding carboxylic acids is 1. The van der Waals surface area contributed by atoms with Crippen molar-refractivity contribution >= 4 is 11.6 Å². The van der Waals surface area contributed by atoms with Crippen LogP contribution < -0.4 is 10.6 Å². The predicted molar refractivity (Wildman–Crippen MR) is 103 cm³/mol. The molecule has 0 radical (unpaired) electrons. The Balaban J connectivity index is 1.41. The highest BCUT2D eigenvalue weighted by Crippen LogP contribution is 2.29. The van der Waals surface area contributed by atoms with E-state index in [1.165, 1.54) is 11.1 Å². The van der Waals surface area contributed by atoms with Gasteiger partial charge in [0.1, 0.15) is 6.33 Å². The quantitative estimate of drug-likeness (QED) is 0.729. The number of aryl methyl sites for hydroxylation is 2. The van der Waals surface area contributed by atoms with Crippen molar-refractivity contribution in [3.8, 4) is 5.69 Å². The van der Waals surface area contributed by atoms with Crippen molar-refractivity contribution < 1.29 is 4.79 Å². The highest BCUT2D eigenvalue weighted by Gasteiger charge is 2.21. The number of aromatic nitrogens is 4. The van der Waals surface area contributed by atoms with Gasteiger partial charge in [0, 0.05) is 5.69 Å². The van der Waals surface area contributed by atoms with Gasteiger partial charge in [0.2, 0.25) is 5.91 Å². The molecule has 0 saturated heterocycles. The molecule has 0 spiro atoms. The fourth-order valence-electron chi connectivity index (χ4n) is 3.55. The second kappa shape index (κ2) is 7.57. The van der Waals surface area contributed by atoms with E-state index in [0.717, 1.165) is 36.2 Å². The molecule has 27 heavy (non-hydrogen) atoms. The molecular formula is C20H22N6O. The first-order valence-electron chi connectivity index (χ1n) is 9.16. The third-order valence-electron chi connectivity index (χ3n) is 4.98. The van der Waals surface area contributed by atoms with Crippen LogP contribution in [-0.4, -0.2) is 32.7 Å². The summed E-state index contributed by atoms with van der Waals surface area (Å²) in [6.07, 6.45) is 4.71. The summed E-state index contributed by atoms with van der Waals surface area (Å²) < 4.78 is 1.59. The SMILES string of the molecule is Cc1ccc(-n2cnnn2)cc1NCC(=O)NC1CCCc2ccccc21. The summed E-state index contributed by atoms with van der Waals surface area (Å²) in [6, 6.07) is 14.3. The number of rotatable bonds is 5. The van der Waals surface area contributed by atoms with Crippen LogP contribution in [-0.2, 0) is 11.2 Å². The van der Waals surface area contributed by atoms with Crippen LogP contribution in [0.25, 0.3) is 5.69 Å². The Morgan fingerprint density at radius 2 is 2.15 bits per heavy atom. The average molecular weight is 362 g/mol. The number of hydrogen-bond donors (Lipinski definition) is 2. The van der Waals surface area contributed by atoms with Crippen LogP contribution in [0.15, 0.2) is 48.8 Å². The molecule has 7 nitrogen and oxygen atoms in total. The fraction of sp³-hybridized carbons (Fsp3) is 0.300. The lowest BCUT2D eigenvalue weighted by Crippen LogP contribution is -2.35. The van der Waals surface area contributed by atoms with Crippen molar-refractivity contribution in [2.45, 2.75) is 32.2 Å². The molecule has 2 N–H and O–H groups in total. The highest BCUT2D eigenvalue weighted by molar-refractivity contribution is 5.81. The third kappa shape index (κ3) is 3.81. The Kier molecular flexibility index (Phi) is 4.82. The van der Waals surface area contributed by atoms with Crippen LogP contribution in [0.1, 0.15) is 35.6 Å². The van der Waals surface area contributed by atoms with E-state index in [4.69, 9.17) is 0 Å². The lowest BCUT2D eigenvalue weighted by atomic mass is 9.88. The first kappa shape index (κ1) is 17.2. The van der Waals surface area contributed by atoms with Gasteiger partial charge in [-0.15, -0.1) is 5.10 Å². The van der Waals surface area contributed by atoms with Crippen LogP contribution in [0.4, 0.5) is 5.69 Å². The Bertz CT molecular complexity index is 937. The number of nitrogens with zero attached hydrogens (tertiary/aromatic N) is 4. The van der Waals surface area contributed by atoms with E-state index in [0.29, 0.717) is 0 Å². The van der Waals surface area contributed by atoms with E-state index in [2.05, 4.69) is 44.4 Å². The molecule has 0 saturated carbocycles. The summed E-state index contributed by atoms with van der Waals surface area (Å²) in [5.41, 5.74) is 5.38. The van der Waals surface area contributed by atoms with Gasteiger partial charge < -0.3 is 10.6 Å². The summed E-state index contributed by atoms with van der Waals surface area (Å²) in [6.45, 7) is 2.22. The van der Waals surface area contributed by atoms with Crippen LogP contribution in [0, 0.1) is 6.92 Å². The Morgan fingerprint density at radius 1 is 1.26 bits per heavy atom. The van der Waals surface area contributed by atoms with Crippen LogP contribution >= 0.6 is 0 Å². The molecule has 1 aliphatic rings. The lowest BCUT2D eigenvalue weighted by Gasteiger charge is -2.26. The molecule has 7 heteroatoms. The number of carbonyl (C=O) groups is 1. The monoisotopic (exact) mass is 362 g/mol. The van der Waals surface area contributed by atoms with E-state index >= 15 is 0 Å². The first-order chi connectivity index (χ1) is 13.2. The maximum atomic E-state index is 12.5. The van der Waals surface area contributed by atoms with Crippen LogP contribution in [0.5, 0.6) is 0 Å². The Hall–Kier alpha value is -3.22. The number of tetrazole rings is 1. The topological polar surface area (TPSA) is 84.7 Å².